The Morgan fingerprint density at radius 1 is 1.17 bits per heavy atom. The van der Waals surface area contributed by atoms with Gasteiger partial charge >= 0.3 is 0 Å². The van der Waals surface area contributed by atoms with Gasteiger partial charge in [0.15, 0.2) is 0 Å². The molecule has 0 spiro atoms. The van der Waals surface area contributed by atoms with Crippen LogP contribution >= 0.6 is 0 Å². The first-order valence-corrected chi connectivity index (χ1v) is 7.93. The third-order valence-electron chi connectivity index (χ3n) is 5.53. The first-order valence-electron chi connectivity index (χ1n) is 7.93. The van der Waals surface area contributed by atoms with Crippen molar-refractivity contribution in [2.24, 2.45) is 11.3 Å². The number of piperidine rings is 1. The molecule has 18 heavy (non-hydrogen) atoms. The van der Waals surface area contributed by atoms with Crippen LogP contribution in [0.1, 0.15) is 60.3 Å². The minimum absolute atomic E-state index is 0.450. The van der Waals surface area contributed by atoms with Gasteiger partial charge in [0.1, 0.15) is 0 Å². The summed E-state index contributed by atoms with van der Waals surface area (Å²) >= 11 is 0. The zero-order valence-corrected chi connectivity index (χ0v) is 13.0. The van der Waals surface area contributed by atoms with Crippen LogP contribution in [0.2, 0.25) is 0 Å². The van der Waals surface area contributed by atoms with E-state index in [2.05, 4.69) is 44.8 Å². The summed E-state index contributed by atoms with van der Waals surface area (Å²) in [6.07, 6.45) is 5.61. The zero-order chi connectivity index (χ0) is 13.3. The van der Waals surface area contributed by atoms with Crippen LogP contribution in [-0.4, -0.2) is 36.1 Å². The third kappa shape index (κ3) is 2.91. The van der Waals surface area contributed by atoms with Crippen LogP contribution in [0.5, 0.6) is 0 Å². The van der Waals surface area contributed by atoms with Gasteiger partial charge in [0.25, 0.3) is 0 Å². The fraction of sp³-hybridized carbons (Fsp3) is 1.00. The summed E-state index contributed by atoms with van der Waals surface area (Å²) in [5.74, 6) is 0.767. The summed E-state index contributed by atoms with van der Waals surface area (Å²) in [6.45, 7) is 14.3. The highest BCUT2D eigenvalue weighted by Crippen LogP contribution is 2.39. The molecule has 2 atom stereocenters. The SMILES string of the molecule is CCNC1CC2CCC(C1)N2CC(C)(C)C(C)C. The molecule has 0 amide bonds. The van der Waals surface area contributed by atoms with E-state index in [0.717, 1.165) is 30.6 Å². The lowest BCUT2D eigenvalue weighted by atomic mass is 9.79. The van der Waals surface area contributed by atoms with Gasteiger partial charge < -0.3 is 5.32 Å². The molecular weight excluding hydrogens is 220 g/mol. The van der Waals surface area contributed by atoms with Crippen LogP contribution in [0.15, 0.2) is 0 Å². The molecule has 106 valence electrons. The average Bonchev–Trinajstić information content (AvgIpc) is 2.52. The summed E-state index contributed by atoms with van der Waals surface area (Å²) in [6, 6.07) is 2.49. The first-order chi connectivity index (χ1) is 8.44. The molecular formula is C16H32N2. The zero-order valence-electron chi connectivity index (χ0n) is 13.0. The Hall–Kier alpha value is -0.0800. The molecule has 0 aromatic rings. The fourth-order valence-corrected chi connectivity index (χ4v) is 3.64. The maximum atomic E-state index is 3.66. The van der Waals surface area contributed by atoms with Crippen molar-refractivity contribution in [2.45, 2.75) is 78.4 Å². The van der Waals surface area contributed by atoms with Gasteiger partial charge in [-0.2, -0.15) is 0 Å². The lowest BCUT2D eigenvalue weighted by Gasteiger charge is -2.44. The molecule has 1 N–H and O–H groups in total. The largest absolute Gasteiger partial charge is 0.314 e. The van der Waals surface area contributed by atoms with Crippen molar-refractivity contribution in [3.8, 4) is 0 Å². The van der Waals surface area contributed by atoms with Crippen molar-refractivity contribution < 1.29 is 0 Å². The van der Waals surface area contributed by atoms with Crippen molar-refractivity contribution in [2.75, 3.05) is 13.1 Å². The van der Waals surface area contributed by atoms with Crippen molar-refractivity contribution in [1.29, 1.82) is 0 Å². The van der Waals surface area contributed by atoms with Gasteiger partial charge in [-0.05, 0) is 43.6 Å². The van der Waals surface area contributed by atoms with Crippen molar-refractivity contribution in [1.82, 2.24) is 10.2 Å². The molecule has 0 aliphatic carbocycles. The molecule has 2 bridgehead atoms. The number of nitrogens with one attached hydrogen (secondary N) is 1. The van der Waals surface area contributed by atoms with Crippen LogP contribution in [0.3, 0.4) is 0 Å². The van der Waals surface area contributed by atoms with E-state index in [9.17, 15) is 0 Å². The molecule has 2 fully saturated rings. The van der Waals surface area contributed by atoms with E-state index < -0.39 is 0 Å². The number of hydrogen-bond acceptors (Lipinski definition) is 2. The summed E-state index contributed by atoms with van der Waals surface area (Å²) in [4.78, 5) is 2.84. The highest BCUT2D eigenvalue weighted by atomic mass is 15.2. The predicted octanol–water partition coefficient (Wildman–Crippen LogP) is 3.27. The van der Waals surface area contributed by atoms with E-state index >= 15 is 0 Å². The smallest absolute Gasteiger partial charge is 0.0114 e. The maximum Gasteiger partial charge on any atom is 0.0114 e. The Labute approximate surface area is 114 Å². The normalized spacial score (nSPS) is 33.3. The summed E-state index contributed by atoms with van der Waals surface area (Å²) in [5, 5.41) is 3.66. The fourth-order valence-electron chi connectivity index (χ4n) is 3.64. The second-order valence-electron chi connectivity index (χ2n) is 7.43. The minimum atomic E-state index is 0.450. The Kier molecular flexibility index (Phi) is 4.38. The van der Waals surface area contributed by atoms with Gasteiger partial charge in [0.05, 0.1) is 0 Å². The van der Waals surface area contributed by atoms with Crippen LogP contribution in [0.25, 0.3) is 0 Å². The standard InChI is InChI=1S/C16H32N2/c1-6-17-13-9-14-7-8-15(10-13)18(14)11-16(4,5)12(2)3/h12-15,17H,6-11H2,1-5H3. The quantitative estimate of drug-likeness (QED) is 0.808. The highest BCUT2D eigenvalue weighted by molar-refractivity contribution is 4.99. The van der Waals surface area contributed by atoms with E-state index in [1.54, 1.807) is 0 Å². The second-order valence-corrected chi connectivity index (χ2v) is 7.43. The Morgan fingerprint density at radius 2 is 1.72 bits per heavy atom. The Balaban J connectivity index is 1.96. The Bertz CT molecular complexity index is 258. The number of rotatable bonds is 5. The molecule has 2 unspecified atom stereocenters. The maximum absolute atomic E-state index is 3.66. The van der Waals surface area contributed by atoms with Crippen LogP contribution in [-0.2, 0) is 0 Å². The lowest BCUT2D eigenvalue weighted by molar-refractivity contribution is 0.0553. The van der Waals surface area contributed by atoms with Crippen molar-refractivity contribution >= 4 is 0 Å². The molecule has 0 aromatic heterocycles. The monoisotopic (exact) mass is 252 g/mol. The number of nitrogens with zero attached hydrogens (tertiary/aromatic N) is 1. The molecule has 2 heterocycles. The molecule has 2 saturated heterocycles. The number of hydrogen-bond donors (Lipinski definition) is 1. The van der Waals surface area contributed by atoms with Gasteiger partial charge in [-0.25, -0.2) is 0 Å². The lowest BCUT2D eigenvalue weighted by Crippen LogP contribution is -2.52. The van der Waals surface area contributed by atoms with E-state index in [1.807, 2.05) is 0 Å². The van der Waals surface area contributed by atoms with Crippen LogP contribution in [0, 0.1) is 11.3 Å². The molecule has 2 rings (SSSR count). The minimum Gasteiger partial charge on any atom is -0.314 e. The highest BCUT2D eigenvalue weighted by Gasteiger charge is 2.42. The molecule has 2 aliphatic rings. The molecule has 2 nitrogen and oxygen atoms in total. The van der Waals surface area contributed by atoms with Gasteiger partial charge in [0, 0.05) is 24.7 Å². The summed E-state index contributed by atoms with van der Waals surface area (Å²) in [5.41, 5.74) is 0.450. The van der Waals surface area contributed by atoms with Crippen molar-refractivity contribution in [3.63, 3.8) is 0 Å². The summed E-state index contributed by atoms with van der Waals surface area (Å²) < 4.78 is 0. The molecule has 0 aromatic carbocycles. The van der Waals surface area contributed by atoms with E-state index in [4.69, 9.17) is 0 Å². The van der Waals surface area contributed by atoms with Crippen molar-refractivity contribution in [3.05, 3.63) is 0 Å². The van der Waals surface area contributed by atoms with E-state index in [1.165, 1.54) is 32.2 Å². The van der Waals surface area contributed by atoms with Crippen LogP contribution in [0.4, 0.5) is 0 Å². The second kappa shape index (κ2) is 5.50. The van der Waals surface area contributed by atoms with Gasteiger partial charge in [0.2, 0.25) is 0 Å². The average molecular weight is 252 g/mol. The summed E-state index contributed by atoms with van der Waals surface area (Å²) in [7, 11) is 0. The Morgan fingerprint density at radius 3 is 2.17 bits per heavy atom. The third-order valence-corrected chi connectivity index (χ3v) is 5.53. The van der Waals surface area contributed by atoms with Gasteiger partial charge in [-0.15, -0.1) is 0 Å². The van der Waals surface area contributed by atoms with E-state index in [-0.39, 0.29) is 0 Å². The number of fused-ring (bicyclic) bond motifs is 2. The molecule has 0 saturated carbocycles. The van der Waals surface area contributed by atoms with E-state index in [0.29, 0.717) is 5.41 Å². The van der Waals surface area contributed by atoms with Gasteiger partial charge in [-0.1, -0.05) is 34.6 Å². The molecule has 2 heteroatoms. The van der Waals surface area contributed by atoms with Crippen LogP contribution < -0.4 is 5.32 Å². The predicted molar refractivity (Wildman–Crippen MR) is 78.8 cm³/mol. The van der Waals surface area contributed by atoms with Gasteiger partial charge in [-0.3, -0.25) is 4.90 Å². The topological polar surface area (TPSA) is 15.3 Å². The first kappa shape index (κ1) is 14.3. The molecule has 0 radical (unpaired) electrons. The molecule has 2 aliphatic heterocycles.